The lowest BCUT2D eigenvalue weighted by molar-refractivity contribution is -0.682. The first-order valence-electron chi connectivity index (χ1n) is 9.06. The summed E-state index contributed by atoms with van der Waals surface area (Å²) in [7, 11) is 0. The number of hydrogen-bond donors (Lipinski definition) is 0. The van der Waals surface area contributed by atoms with Crippen molar-refractivity contribution in [1.29, 1.82) is 0 Å². The highest BCUT2D eigenvalue weighted by Crippen LogP contribution is 2.25. The highest BCUT2D eigenvalue weighted by Gasteiger charge is 2.23. The molecule has 26 heavy (non-hydrogen) atoms. The standard InChI is InChI=1S/C23H24NO2/c1-3-21-15-20(18-11-7-5-8-12-18)16-22(19-13-9-6-10-14-19)24(21)17-23(25)26-4-2/h5-16H,3-4,17H2,1-2H3/q+1. The van der Waals surface area contributed by atoms with Crippen LogP contribution in [0.5, 0.6) is 0 Å². The zero-order valence-electron chi connectivity index (χ0n) is 15.3. The van der Waals surface area contributed by atoms with E-state index in [-0.39, 0.29) is 12.5 Å². The third-order valence-electron chi connectivity index (χ3n) is 4.38. The van der Waals surface area contributed by atoms with Crippen molar-refractivity contribution in [3.05, 3.63) is 78.5 Å². The summed E-state index contributed by atoms with van der Waals surface area (Å²) in [6, 6.07) is 24.8. The van der Waals surface area contributed by atoms with Crippen LogP contribution in [0.15, 0.2) is 72.8 Å². The first kappa shape index (κ1) is 17.9. The Labute approximate surface area is 154 Å². The minimum absolute atomic E-state index is 0.211. The van der Waals surface area contributed by atoms with Crippen molar-refractivity contribution in [2.24, 2.45) is 0 Å². The Balaban J connectivity index is 2.17. The van der Waals surface area contributed by atoms with Crippen molar-refractivity contribution >= 4 is 5.97 Å². The number of pyridine rings is 1. The van der Waals surface area contributed by atoms with Crippen molar-refractivity contribution in [2.45, 2.75) is 26.8 Å². The van der Waals surface area contributed by atoms with E-state index in [0.717, 1.165) is 28.9 Å². The zero-order chi connectivity index (χ0) is 18.4. The maximum absolute atomic E-state index is 12.2. The summed E-state index contributed by atoms with van der Waals surface area (Å²) in [5.41, 5.74) is 5.54. The van der Waals surface area contributed by atoms with E-state index in [4.69, 9.17) is 4.74 Å². The topological polar surface area (TPSA) is 30.2 Å². The van der Waals surface area contributed by atoms with Gasteiger partial charge in [0.1, 0.15) is 0 Å². The molecule has 3 rings (SSSR count). The lowest BCUT2D eigenvalue weighted by Gasteiger charge is -2.11. The Hall–Kier alpha value is -2.94. The summed E-state index contributed by atoms with van der Waals surface area (Å²) >= 11 is 0. The summed E-state index contributed by atoms with van der Waals surface area (Å²) in [5.74, 6) is -0.211. The van der Waals surface area contributed by atoms with Crippen molar-refractivity contribution in [3.8, 4) is 22.4 Å². The lowest BCUT2D eigenvalue weighted by atomic mass is 10.0. The molecule has 0 fully saturated rings. The summed E-state index contributed by atoms with van der Waals surface area (Å²) in [6.45, 7) is 4.56. The summed E-state index contributed by atoms with van der Waals surface area (Å²) in [5, 5.41) is 0. The van der Waals surface area contributed by atoms with Crippen molar-refractivity contribution < 1.29 is 14.1 Å². The number of carbonyl (C=O) groups is 1. The number of carbonyl (C=O) groups excluding carboxylic acids is 1. The van der Waals surface area contributed by atoms with Crippen LogP contribution in [0.1, 0.15) is 19.5 Å². The predicted molar refractivity (Wildman–Crippen MR) is 104 cm³/mol. The van der Waals surface area contributed by atoms with Gasteiger partial charge in [0.05, 0.1) is 6.61 Å². The van der Waals surface area contributed by atoms with Gasteiger partial charge >= 0.3 is 5.97 Å². The molecule has 2 aromatic carbocycles. The summed E-state index contributed by atoms with van der Waals surface area (Å²) in [6.07, 6.45) is 0.833. The molecule has 0 aliphatic carbocycles. The van der Waals surface area contributed by atoms with Crippen molar-refractivity contribution in [3.63, 3.8) is 0 Å². The van der Waals surface area contributed by atoms with Gasteiger partial charge in [0.25, 0.3) is 0 Å². The molecule has 0 N–H and O–H groups in total. The van der Waals surface area contributed by atoms with E-state index < -0.39 is 0 Å². The van der Waals surface area contributed by atoms with Crippen molar-refractivity contribution in [1.82, 2.24) is 0 Å². The van der Waals surface area contributed by atoms with E-state index in [9.17, 15) is 4.79 Å². The number of rotatable bonds is 6. The molecule has 0 radical (unpaired) electrons. The molecular formula is C23H24NO2+. The second-order valence-electron chi connectivity index (χ2n) is 6.10. The van der Waals surface area contributed by atoms with Gasteiger partial charge in [-0.15, -0.1) is 0 Å². The first-order valence-corrected chi connectivity index (χ1v) is 9.06. The molecular weight excluding hydrogens is 322 g/mol. The third-order valence-corrected chi connectivity index (χ3v) is 4.38. The Morgan fingerprint density at radius 2 is 1.46 bits per heavy atom. The average Bonchev–Trinajstić information content (AvgIpc) is 2.69. The Kier molecular flexibility index (Phi) is 5.80. The molecule has 3 nitrogen and oxygen atoms in total. The number of ether oxygens (including phenoxy) is 1. The molecule has 0 atom stereocenters. The molecule has 0 saturated heterocycles. The van der Waals surface area contributed by atoms with Gasteiger partial charge in [-0.05, 0) is 30.2 Å². The van der Waals surface area contributed by atoms with E-state index in [2.05, 4.69) is 47.9 Å². The molecule has 0 saturated carbocycles. The molecule has 1 aromatic heterocycles. The van der Waals surface area contributed by atoms with Crippen LogP contribution < -0.4 is 4.57 Å². The number of aromatic nitrogens is 1. The number of benzene rings is 2. The second-order valence-corrected chi connectivity index (χ2v) is 6.10. The third kappa shape index (κ3) is 3.99. The molecule has 0 unspecified atom stereocenters. The largest absolute Gasteiger partial charge is 0.461 e. The molecule has 0 aliphatic heterocycles. The fourth-order valence-electron chi connectivity index (χ4n) is 3.14. The van der Waals surface area contributed by atoms with E-state index in [1.807, 2.05) is 43.3 Å². The molecule has 3 aromatic rings. The average molecular weight is 346 g/mol. The normalized spacial score (nSPS) is 10.5. The lowest BCUT2D eigenvalue weighted by Crippen LogP contribution is -2.44. The summed E-state index contributed by atoms with van der Waals surface area (Å²) < 4.78 is 7.26. The van der Waals surface area contributed by atoms with Crippen molar-refractivity contribution in [2.75, 3.05) is 6.61 Å². The maximum Gasteiger partial charge on any atom is 0.372 e. The van der Waals surface area contributed by atoms with Gasteiger partial charge in [0.2, 0.25) is 12.2 Å². The van der Waals surface area contributed by atoms with Crippen LogP contribution in [-0.2, 0) is 22.5 Å². The van der Waals surface area contributed by atoms with E-state index in [1.54, 1.807) is 0 Å². The molecule has 0 spiro atoms. The Morgan fingerprint density at radius 3 is 2.04 bits per heavy atom. The predicted octanol–water partition coefficient (Wildman–Crippen LogP) is 4.43. The molecule has 0 aliphatic rings. The zero-order valence-corrected chi connectivity index (χ0v) is 15.3. The Bertz CT molecular complexity index is 873. The van der Waals surface area contributed by atoms with Crippen LogP contribution in [0.4, 0.5) is 0 Å². The van der Waals surface area contributed by atoms with Gasteiger partial charge in [0.15, 0.2) is 5.69 Å². The Morgan fingerprint density at radius 1 is 0.846 bits per heavy atom. The number of aryl methyl sites for hydroxylation is 1. The van der Waals surface area contributed by atoms with Gasteiger partial charge in [-0.2, -0.15) is 4.57 Å². The first-order chi connectivity index (χ1) is 12.7. The quantitative estimate of drug-likeness (QED) is 0.488. The monoisotopic (exact) mass is 346 g/mol. The van der Waals surface area contributed by atoms with Gasteiger partial charge in [0, 0.05) is 24.1 Å². The fraction of sp³-hybridized carbons (Fsp3) is 0.217. The van der Waals surface area contributed by atoms with Crippen LogP contribution in [0.2, 0.25) is 0 Å². The smallest absolute Gasteiger partial charge is 0.372 e. The van der Waals surface area contributed by atoms with Crippen LogP contribution in [0.25, 0.3) is 22.4 Å². The number of hydrogen-bond acceptors (Lipinski definition) is 2. The molecule has 3 heteroatoms. The van der Waals surface area contributed by atoms with Gasteiger partial charge < -0.3 is 4.74 Å². The maximum atomic E-state index is 12.2. The molecule has 0 amide bonds. The highest BCUT2D eigenvalue weighted by molar-refractivity contribution is 5.71. The van der Waals surface area contributed by atoms with Crippen LogP contribution in [0, 0.1) is 0 Å². The second kappa shape index (κ2) is 8.43. The molecule has 132 valence electrons. The SMILES string of the molecule is CCOC(=O)C[n+]1c(CC)cc(-c2ccccc2)cc1-c1ccccc1. The van der Waals surface area contributed by atoms with Crippen LogP contribution in [0.3, 0.4) is 0 Å². The fourth-order valence-corrected chi connectivity index (χ4v) is 3.14. The minimum Gasteiger partial charge on any atom is -0.461 e. The summed E-state index contributed by atoms with van der Waals surface area (Å²) in [4.78, 5) is 12.2. The van der Waals surface area contributed by atoms with E-state index in [0.29, 0.717) is 6.61 Å². The van der Waals surface area contributed by atoms with E-state index in [1.165, 1.54) is 5.56 Å². The van der Waals surface area contributed by atoms with Gasteiger partial charge in [-0.3, -0.25) is 0 Å². The van der Waals surface area contributed by atoms with Gasteiger partial charge in [-0.1, -0.05) is 55.5 Å². The molecule has 1 heterocycles. The van der Waals surface area contributed by atoms with Gasteiger partial charge in [-0.25, -0.2) is 4.79 Å². The molecule has 0 bridgehead atoms. The van der Waals surface area contributed by atoms with Crippen LogP contribution in [-0.4, -0.2) is 12.6 Å². The van der Waals surface area contributed by atoms with E-state index >= 15 is 0 Å². The minimum atomic E-state index is -0.211. The highest BCUT2D eigenvalue weighted by atomic mass is 16.5. The number of nitrogens with zero attached hydrogens (tertiary/aromatic N) is 1. The van der Waals surface area contributed by atoms with Crippen LogP contribution >= 0.6 is 0 Å². The number of esters is 1.